The van der Waals surface area contributed by atoms with Crippen LogP contribution in [0.3, 0.4) is 0 Å². The van der Waals surface area contributed by atoms with Crippen LogP contribution in [0.1, 0.15) is 5.56 Å². The van der Waals surface area contributed by atoms with Crippen LogP contribution in [0.4, 0.5) is 5.69 Å². The van der Waals surface area contributed by atoms with Crippen LogP contribution in [0.25, 0.3) is 6.08 Å². The van der Waals surface area contributed by atoms with Crippen molar-refractivity contribution in [3.63, 3.8) is 0 Å². The van der Waals surface area contributed by atoms with Gasteiger partial charge in [0.15, 0.2) is 0 Å². The highest BCUT2D eigenvalue weighted by molar-refractivity contribution is 7.95. The first-order valence-electron chi connectivity index (χ1n) is 6.32. The number of hydrogen-bond donors (Lipinski definition) is 0. The molecule has 2 aromatic rings. The number of nitrogens with zero attached hydrogens (tertiary/aromatic N) is 2. The SMILES string of the molecule is N#C/C(=C\c1cccc([N+](=O)[O-])c1)S(=O)(=O)c1cc(Cl)ccc1Cl. The van der Waals surface area contributed by atoms with Gasteiger partial charge in [-0.05, 0) is 29.8 Å². The van der Waals surface area contributed by atoms with Gasteiger partial charge in [-0.1, -0.05) is 35.3 Å². The summed E-state index contributed by atoms with van der Waals surface area (Å²) >= 11 is 11.7. The third-order valence-electron chi connectivity index (χ3n) is 2.96. The molecule has 0 aliphatic heterocycles. The summed E-state index contributed by atoms with van der Waals surface area (Å²) in [4.78, 5) is 9.24. The Bertz CT molecular complexity index is 995. The van der Waals surface area contributed by atoms with E-state index in [0.29, 0.717) is 0 Å². The zero-order valence-electron chi connectivity index (χ0n) is 11.8. The molecule has 0 saturated carbocycles. The maximum absolute atomic E-state index is 12.6. The molecule has 0 unspecified atom stereocenters. The molecule has 24 heavy (non-hydrogen) atoms. The van der Waals surface area contributed by atoms with E-state index in [4.69, 9.17) is 23.2 Å². The zero-order valence-corrected chi connectivity index (χ0v) is 14.1. The van der Waals surface area contributed by atoms with Gasteiger partial charge in [0, 0.05) is 17.2 Å². The molecule has 0 atom stereocenters. The third kappa shape index (κ3) is 3.74. The Morgan fingerprint density at radius 3 is 2.54 bits per heavy atom. The second kappa shape index (κ2) is 7.01. The van der Waals surface area contributed by atoms with Gasteiger partial charge >= 0.3 is 0 Å². The van der Waals surface area contributed by atoms with Crippen molar-refractivity contribution in [2.45, 2.75) is 4.90 Å². The van der Waals surface area contributed by atoms with Crippen molar-refractivity contribution in [1.29, 1.82) is 5.26 Å². The average Bonchev–Trinajstić information content (AvgIpc) is 2.54. The van der Waals surface area contributed by atoms with E-state index < -0.39 is 19.7 Å². The second-order valence-corrected chi connectivity index (χ2v) is 7.28. The molecule has 0 heterocycles. The summed E-state index contributed by atoms with van der Waals surface area (Å²) in [7, 11) is -4.22. The van der Waals surface area contributed by atoms with Gasteiger partial charge in [-0.2, -0.15) is 5.26 Å². The molecule has 9 heteroatoms. The molecule has 122 valence electrons. The number of nitro benzene ring substituents is 1. The fourth-order valence-electron chi connectivity index (χ4n) is 1.85. The predicted octanol–water partition coefficient (Wildman–Crippen LogP) is 4.24. The van der Waals surface area contributed by atoms with Crippen molar-refractivity contribution < 1.29 is 13.3 Å². The van der Waals surface area contributed by atoms with Crippen LogP contribution in [0.5, 0.6) is 0 Å². The number of rotatable bonds is 4. The molecule has 0 aliphatic carbocycles. The Hall–Kier alpha value is -2.40. The topological polar surface area (TPSA) is 101 Å². The van der Waals surface area contributed by atoms with Gasteiger partial charge in [0.1, 0.15) is 11.0 Å². The van der Waals surface area contributed by atoms with Crippen LogP contribution in [-0.2, 0) is 9.84 Å². The molecule has 0 bridgehead atoms. The summed E-state index contributed by atoms with van der Waals surface area (Å²) in [6.07, 6.45) is 1.04. The van der Waals surface area contributed by atoms with Gasteiger partial charge in [-0.3, -0.25) is 10.1 Å². The van der Waals surface area contributed by atoms with Crippen molar-refractivity contribution >= 4 is 44.8 Å². The molecule has 0 saturated heterocycles. The lowest BCUT2D eigenvalue weighted by molar-refractivity contribution is -0.384. The smallest absolute Gasteiger partial charge is 0.258 e. The number of benzene rings is 2. The summed E-state index contributed by atoms with van der Waals surface area (Å²) in [6.45, 7) is 0. The molecule has 0 aliphatic rings. The van der Waals surface area contributed by atoms with E-state index in [1.54, 1.807) is 6.07 Å². The summed E-state index contributed by atoms with van der Waals surface area (Å²) in [5.41, 5.74) is -0.0262. The van der Waals surface area contributed by atoms with Gasteiger partial charge < -0.3 is 0 Å². The quantitative estimate of drug-likeness (QED) is 0.447. The minimum Gasteiger partial charge on any atom is -0.258 e. The Labute approximate surface area is 147 Å². The van der Waals surface area contributed by atoms with E-state index in [1.807, 2.05) is 0 Å². The fourth-order valence-corrected chi connectivity index (χ4v) is 3.77. The van der Waals surface area contributed by atoms with E-state index in [9.17, 15) is 23.8 Å². The van der Waals surface area contributed by atoms with Gasteiger partial charge in [0.2, 0.25) is 9.84 Å². The lowest BCUT2D eigenvalue weighted by Crippen LogP contribution is -2.04. The molecule has 2 aromatic carbocycles. The van der Waals surface area contributed by atoms with E-state index in [1.165, 1.54) is 30.3 Å². The predicted molar refractivity (Wildman–Crippen MR) is 90.3 cm³/mol. The molecule has 0 aromatic heterocycles. The van der Waals surface area contributed by atoms with Crippen molar-refractivity contribution in [3.05, 3.63) is 73.1 Å². The number of sulfone groups is 1. The monoisotopic (exact) mass is 382 g/mol. The molecule has 0 N–H and O–H groups in total. The lowest BCUT2D eigenvalue weighted by atomic mass is 10.2. The zero-order chi connectivity index (χ0) is 17.9. The summed E-state index contributed by atoms with van der Waals surface area (Å²) in [5.74, 6) is 0. The number of halogens is 2. The Kier molecular flexibility index (Phi) is 5.24. The molecule has 0 radical (unpaired) electrons. The number of nitro groups is 1. The molecular formula is C15H8Cl2N2O4S. The molecule has 0 amide bonds. The largest absolute Gasteiger partial charge is 0.270 e. The molecule has 2 rings (SSSR count). The van der Waals surface area contributed by atoms with Gasteiger partial charge in [-0.25, -0.2) is 8.42 Å². The number of non-ortho nitro benzene ring substituents is 1. The highest BCUT2D eigenvalue weighted by Crippen LogP contribution is 2.30. The highest BCUT2D eigenvalue weighted by Gasteiger charge is 2.24. The molecular weight excluding hydrogens is 375 g/mol. The van der Waals surface area contributed by atoms with E-state index >= 15 is 0 Å². The highest BCUT2D eigenvalue weighted by atomic mass is 35.5. The number of hydrogen-bond acceptors (Lipinski definition) is 5. The molecule has 0 fully saturated rings. The van der Waals surface area contributed by atoms with Crippen LogP contribution in [0.15, 0.2) is 52.3 Å². The Morgan fingerprint density at radius 2 is 1.92 bits per heavy atom. The van der Waals surface area contributed by atoms with Crippen molar-refractivity contribution in [1.82, 2.24) is 0 Å². The van der Waals surface area contributed by atoms with Gasteiger partial charge in [0.05, 0.1) is 14.8 Å². The Balaban J connectivity index is 2.59. The lowest BCUT2D eigenvalue weighted by Gasteiger charge is -2.06. The van der Waals surface area contributed by atoms with Crippen molar-refractivity contribution in [2.75, 3.05) is 0 Å². The van der Waals surface area contributed by atoms with Gasteiger partial charge in [-0.15, -0.1) is 0 Å². The van der Waals surface area contributed by atoms with E-state index in [0.717, 1.165) is 18.2 Å². The van der Waals surface area contributed by atoms with Crippen LogP contribution < -0.4 is 0 Å². The van der Waals surface area contributed by atoms with Crippen LogP contribution >= 0.6 is 23.2 Å². The maximum Gasteiger partial charge on any atom is 0.270 e. The van der Waals surface area contributed by atoms with Crippen LogP contribution in [-0.4, -0.2) is 13.3 Å². The summed E-state index contributed by atoms with van der Waals surface area (Å²) in [6, 6.07) is 10.7. The molecule has 6 nitrogen and oxygen atoms in total. The van der Waals surface area contributed by atoms with E-state index in [-0.39, 0.29) is 26.2 Å². The minimum atomic E-state index is -4.22. The van der Waals surface area contributed by atoms with Crippen molar-refractivity contribution in [3.8, 4) is 6.07 Å². The Morgan fingerprint density at radius 1 is 1.21 bits per heavy atom. The number of nitriles is 1. The summed E-state index contributed by atoms with van der Waals surface area (Å²) in [5, 5.41) is 20.1. The number of allylic oxidation sites excluding steroid dienone is 1. The second-order valence-electron chi connectivity index (χ2n) is 4.55. The minimum absolute atomic E-state index is 0.0837. The average molecular weight is 383 g/mol. The summed E-state index contributed by atoms with van der Waals surface area (Å²) < 4.78 is 25.2. The first kappa shape index (κ1) is 17.9. The third-order valence-corrected chi connectivity index (χ3v) is 5.34. The first-order valence-corrected chi connectivity index (χ1v) is 8.56. The maximum atomic E-state index is 12.6. The fraction of sp³-hybridized carbons (Fsp3) is 0. The van der Waals surface area contributed by atoms with Gasteiger partial charge in [0.25, 0.3) is 5.69 Å². The van der Waals surface area contributed by atoms with Crippen LogP contribution in [0, 0.1) is 21.4 Å². The molecule has 0 spiro atoms. The van der Waals surface area contributed by atoms with Crippen molar-refractivity contribution in [2.24, 2.45) is 0 Å². The van der Waals surface area contributed by atoms with Crippen LogP contribution in [0.2, 0.25) is 10.0 Å². The first-order chi connectivity index (χ1) is 11.3. The van der Waals surface area contributed by atoms with E-state index in [2.05, 4.69) is 0 Å². The normalized spacial score (nSPS) is 11.8. The standard InChI is InChI=1S/C15H8Cl2N2O4S/c16-11-4-5-14(17)15(8-11)24(22,23)13(9-18)7-10-2-1-3-12(6-10)19(20)21/h1-8H/b13-7+.